The highest BCUT2D eigenvalue weighted by Crippen LogP contribution is 2.37. The Labute approximate surface area is 168 Å². The maximum absolute atomic E-state index is 12.6. The molecule has 1 aromatic heterocycles. The minimum atomic E-state index is -2.00. The van der Waals surface area contributed by atoms with Crippen LogP contribution in [0.5, 0.6) is 5.75 Å². The molecular weight excluding hydrogens is 400 g/mol. The monoisotopic (exact) mass is 414 g/mol. The van der Waals surface area contributed by atoms with Crippen molar-refractivity contribution in [1.82, 2.24) is 4.57 Å². The van der Waals surface area contributed by atoms with Gasteiger partial charge in [0.2, 0.25) is 0 Å². The summed E-state index contributed by atoms with van der Waals surface area (Å²) >= 11 is 0. The summed E-state index contributed by atoms with van der Waals surface area (Å²) in [5, 5.41) is 28.1. The van der Waals surface area contributed by atoms with Crippen LogP contribution in [0.4, 0.5) is 0 Å². The summed E-state index contributed by atoms with van der Waals surface area (Å²) in [6.07, 6.45) is 0.760. The molecule has 1 aliphatic heterocycles. The first-order valence-electron chi connectivity index (χ1n) is 8.41. The average molecular weight is 414 g/mol. The predicted molar refractivity (Wildman–Crippen MR) is 98.8 cm³/mol. The van der Waals surface area contributed by atoms with Gasteiger partial charge in [-0.1, -0.05) is 0 Å². The molecule has 0 aliphatic carbocycles. The van der Waals surface area contributed by atoms with E-state index < -0.39 is 27.6 Å². The van der Waals surface area contributed by atoms with E-state index in [2.05, 4.69) is 9.68 Å². The molecule has 0 amide bonds. The summed E-state index contributed by atoms with van der Waals surface area (Å²) in [5.74, 6) is 0.411. The molecule has 0 fully saturated rings. The number of fused-ring (bicyclic) bond motifs is 1. The third-order valence-corrected chi connectivity index (χ3v) is 4.07. The highest BCUT2D eigenvalue weighted by atomic mass is 17.0. The Kier molecular flexibility index (Phi) is 5.12. The van der Waals surface area contributed by atoms with Crippen LogP contribution in [-0.2, 0) is 9.68 Å². The molecule has 2 heterocycles. The van der Waals surface area contributed by atoms with Crippen molar-refractivity contribution in [2.45, 2.75) is 25.7 Å². The third-order valence-electron chi connectivity index (χ3n) is 4.07. The van der Waals surface area contributed by atoms with Crippen LogP contribution in [0.1, 0.15) is 36.8 Å². The van der Waals surface area contributed by atoms with Gasteiger partial charge in [-0.05, 0) is 44.2 Å². The standard InChI is InChI=1S/C18H14N4O8/c1-18(2)8-14(13-7-11(9-19)3-5-15(13)28-18)20-10-12(4-6-16(20)23)17(29-21(24)25)30-22(26)27/h3-8,10,17H,1-2H3. The van der Waals surface area contributed by atoms with Gasteiger partial charge in [-0.3, -0.25) is 19.0 Å². The lowest BCUT2D eigenvalue weighted by Crippen LogP contribution is -2.32. The van der Waals surface area contributed by atoms with Gasteiger partial charge >= 0.3 is 0 Å². The fourth-order valence-electron chi connectivity index (χ4n) is 2.94. The minimum Gasteiger partial charge on any atom is -0.483 e. The zero-order valence-corrected chi connectivity index (χ0v) is 15.7. The van der Waals surface area contributed by atoms with Crippen molar-refractivity contribution in [2.24, 2.45) is 0 Å². The lowest BCUT2D eigenvalue weighted by molar-refractivity contribution is -0.855. The first-order chi connectivity index (χ1) is 14.1. The maximum Gasteiger partial charge on any atom is 0.297 e. The highest BCUT2D eigenvalue weighted by Gasteiger charge is 2.29. The fraction of sp³-hybridized carbons (Fsp3) is 0.222. The van der Waals surface area contributed by atoms with Crippen molar-refractivity contribution in [3.63, 3.8) is 0 Å². The molecule has 12 nitrogen and oxygen atoms in total. The number of benzene rings is 1. The lowest BCUT2D eigenvalue weighted by Gasteiger charge is -2.31. The van der Waals surface area contributed by atoms with Crippen LogP contribution in [0.2, 0.25) is 0 Å². The zero-order valence-electron chi connectivity index (χ0n) is 15.7. The second-order valence-corrected chi connectivity index (χ2v) is 6.72. The summed E-state index contributed by atoms with van der Waals surface area (Å²) in [6.45, 7) is 3.50. The Morgan fingerprint density at radius 1 is 1.17 bits per heavy atom. The number of nitriles is 1. The molecule has 3 rings (SSSR count). The van der Waals surface area contributed by atoms with Gasteiger partial charge < -0.3 is 4.74 Å². The molecule has 0 saturated carbocycles. The summed E-state index contributed by atoms with van der Waals surface area (Å²) in [7, 11) is 0. The molecule has 12 heteroatoms. The van der Waals surface area contributed by atoms with Crippen molar-refractivity contribution in [3.05, 3.63) is 89.9 Å². The first-order valence-corrected chi connectivity index (χ1v) is 8.41. The largest absolute Gasteiger partial charge is 0.483 e. The van der Waals surface area contributed by atoms with Crippen LogP contribution in [0.25, 0.3) is 5.70 Å². The van der Waals surface area contributed by atoms with E-state index in [9.17, 15) is 30.3 Å². The fourth-order valence-corrected chi connectivity index (χ4v) is 2.94. The Morgan fingerprint density at radius 3 is 2.43 bits per heavy atom. The number of hydrogen-bond acceptors (Lipinski definition) is 9. The molecule has 0 spiro atoms. The van der Waals surface area contributed by atoms with Crippen LogP contribution in [0.15, 0.2) is 47.4 Å². The van der Waals surface area contributed by atoms with Crippen LogP contribution >= 0.6 is 0 Å². The quantitative estimate of drug-likeness (QED) is 0.392. The normalized spacial score (nSPS) is 14.0. The predicted octanol–water partition coefficient (Wildman–Crippen LogP) is 2.20. The topological polar surface area (TPSA) is 160 Å². The van der Waals surface area contributed by atoms with Gasteiger partial charge in [-0.2, -0.15) is 5.26 Å². The van der Waals surface area contributed by atoms with E-state index in [0.29, 0.717) is 22.6 Å². The second kappa shape index (κ2) is 7.55. The molecule has 0 bridgehead atoms. The number of ether oxygens (including phenoxy) is 1. The van der Waals surface area contributed by atoms with Crippen LogP contribution in [-0.4, -0.2) is 20.3 Å². The van der Waals surface area contributed by atoms with Crippen molar-refractivity contribution < 1.29 is 24.6 Å². The number of pyridine rings is 1. The zero-order chi connectivity index (χ0) is 22.1. The molecule has 2 aromatic rings. The molecule has 0 N–H and O–H groups in total. The number of hydrogen-bond donors (Lipinski definition) is 0. The van der Waals surface area contributed by atoms with Crippen LogP contribution in [0, 0.1) is 31.6 Å². The molecule has 1 aromatic carbocycles. The molecular formula is C18H14N4O8. The molecule has 30 heavy (non-hydrogen) atoms. The van der Waals surface area contributed by atoms with Crippen LogP contribution < -0.4 is 10.3 Å². The molecule has 0 atom stereocenters. The van der Waals surface area contributed by atoms with E-state index in [-0.39, 0.29) is 5.56 Å². The molecule has 154 valence electrons. The first kappa shape index (κ1) is 20.3. The van der Waals surface area contributed by atoms with E-state index in [1.807, 2.05) is 6.07 Å². The summed E-state index contributed by atoms with van der Waals surface area (Å²) in [5.41, 5.74) is -0.442. The van der Waals surface area contributed by atoms with E-state index in [4.69, 9.17) is 4.74 Å². The van der Waals surface area contributed by atoms with Crippen molar-refractivity contribution in [2.75, 3.05) is 0 Å². The van der Waals surface area contributed by atoms with Gasteiger partial charge in [-0.25, -0.2) is 0 Å². The Bertz CT molecular complexity index is 1150. The average Bonchev–Trinajstić information content (AvgIpc) is 2.65. The highest BCUT2D eigenvalue weighted by molar-refractivity contribution is 5.74. The van der Waals surface area contributed by atoms with Gasteiger partial charge in [0.05, 0.1) is 17.3 Å². The van der Waals surface area contributed by atoms with Crippen LogP contribution in [0.3, 0.4) is 0 Å². The minimum absolute atomic E-state index is 0.147. The van der Waals surface area contributed by atoms with Crippen molar-refractivity contribution in [1.29, 1.82) is 5.26 Å². The Balaban J connectivity index is 2.18. The molecule has 0 unspecified atom stereocenters. The van der Waals surface area contributed by atoms with Crippen molar-refractivity contribution in [3.8, 4) is 11.8 Å². The van der Waals surface area contributed by atoms with E-state index in [1.54, 1.807) is 32.1 Å². The van der Waals surface area contributed by atoms with E-state index >= 15 is 0 Å². The summed E-state index contributed by atoms with van der Waals surface area (Å²) < 4.78 is 6.99. The summed E-state index contributed by atoms with van der Waals surface area (Å²) in [6, 6.07) is 8.85. The Hall–Kier alpha value is -4.40. The summed E-state index contributed by atoms with van der Waals surface area (Å²) in [4.78, 5) is 42.4. The molecule has 1 aliphatic rings. The number of rotatable bonds is 6. The lowest BCUT2D eigenvalue weighted by atomic mass is 9.97. The smallest absolute Gasteiger partial charge is 0.297 e. The van der Waals surface area contributed by atoms with Gasteiger partial charge in [0, 0.05) is 23.4 Å². The SMILES string of the molecule is CC1(C)C=C(n2cc(C(O[N+](=O)[O-])O[N+](=O)[O-])ccc2=O)c2cc(C#N)ccc2O1. The van der Waals surface area contributed by atoms with Gasteiger partial charge in [-0.15, -0.1) is 20.2 Å². The Morgan fingerprint density at radius 2 is 1.83 bits per heavy atom. The third kappa shape index (κ3) is 4.20. The van der Waals surface area contributed by atoms with Gasteiger partial charge in [0.25, 0.3) is 22.0 Å². The number of aromatic nitrogens is 1. The van der Waals surface area contributed by atoms with Gasteiger partial charge in [0.15, 0.2) is 0 Å². The number of nitrogens with zero attached hydrogens (tertiary/aromatic N) is 4. The second-order valence-electron chi connectivity index (χ2n) is 6.72. The van der Waals surface area contributed by atoms with E-state index in [0.717, 1.165) is 22.9 Å². The van der Waals surface area contributed by atoms with Gasteiger partial charge in [0.1, 0.15) is 11.4 Å². The maximum atomic E-state index is 12.6. The van der Waals surface area contributed by atoms with E-state index in [1.165, 1.54) is 6.07 Å². The van der Waals surface area contributed by atoms with Crippen molar-refractivity contribution >= 4 is 5.70 Å². The molecule has 0 saturated heterocycles. The molecule has 0 radical (unpaired) electrons.